The van der Waals surface area contributed by atoms with Gasteiger partial charge in [0, 0.05) is 13.0 Å². The number of carboxylic acids is 1. The van der Waals surface area contributed by atoms with Gasteiger partial charge in [-0.2, -0.15) is 0 Å². The second-order valence-electron chi connectivity index (χ2n) is 6.76. The molecular formula is C20H19NO5S2. The second kappa shape index (κ2) is 8.28. The quantitative estimate of drug-likeness (QED) is 0.562. The maximum absolute atomic E-state index is 12.9. The zero-order chi connectivity index (χ0) is 20.4. The van der Waals surface area contributed by atoms with Crippen molar-refractivity contribution >= 4 is 57.2 Å². The summed E-state index contributed by atoms with van der Waals surface area (Å²) in [7, 11) is 0. The molecule has 1 amide bonds. The number of amides is 1. The highest BCUT2D eigenvalue weighted by Crippen LogP contribution is 2.32. The SMILES string of the molecule is CC(C)c1ccc2occ(/C=C3\SC(=S)N(CCCC(=O)O)C3=O)c(=O)c2c1. The Bertz CT molecular complexity index is 1050. The molecule has 28 heavy (non-hydrogen) atoms. The van der Waals surface area contributed by atoms with E-state index < -0.39 is 5.97 Å². The Morgan fingerprint density at radius 2 is 2.11 bits per heavy atom. The van der Waals surface area contributed by atoms with Crippen LogP contribution < -0.4 is 5.43 Å². The van der Waals surface area contributed by atoms with Crippen LogP contribution in [0.2, 0.25) is 0 Å². The lowest BCUT2D eigenvalue weighted by Crippen LogP contribution is -2.29. The van der Waals surface area contributed by atoms with Gasteiger partial charge in [0.25, 0.3) is 5.91 Å². The molecule has 0 saturated carbocycles. The molecule has 1 aliphatic heterocycles. The number of thioether (sulfide) groups is 1. The molecule has 0 atom stereocenters. The summed E-state index contributed by atoms with van der Waals surface area (Å²) < 4.78 is 5.93. The molecule has 0 unspecified atom stereocenters. The number of hydrogen-bond acceptors (Lipinski definition) is 6. The first-order valence-corrected chi connectivity index (χ1v) is 10.0. The lowest BCUT2D eigenvalue weighted by Gasteiger charge is -2.13. The van der Waals surface area contributed by atoms with Crippen LogP contribution in [0.25, 0.3) is 17.0 Å². The van der Waals surface area contributed by atoms with Gasteiger partial charge in [-0.05, 0) is 36.1 Å². The topological polar surface area (TPSA) is 87.8 Å². The summed E-state index contributed by atoms with van der Waals surface area (Å²) in [5, 5.41) is 9.21. The van der Waals surface area contributed by atoms with Crippen molar-refractivity contribution in [2.24, 2.45) is 0 Å². The highest BCUT2D eigenvalue weighted by Gasteiger charge is 2.32. The van der Waals surface area contributed by atoms with Crippen LogP contribution in [-0.2, 0) is 9.59 Å². The van der Waals surface area contributed by atoms with E-state index in [4.69, 9.17) is 21.7 Å². The standard InChI is InChI=1S/C20H19NO5S2/c1-11(2)12-5-6-15-14(8-12)18(24)13(10-26-15)9-16-19(25)21(20(27)28-16)7-3-4-17(22)23/h5-6,8-11H,3-4,7H2,1-2H3,(H,22,23)/b16-9-. The average molecular weight is 418 g/mol. The number of carbonyl (C=O) groups excluding carboxylic acids is 1. The zero-order valence-corrected chi connectivity index (χ0v) is 17.1. The molecule has 0 bridgehead atoms. The van der Waals surface area contributed by atoms with Crippen molar-refractivity contribution in [2.75, 3.05) is 6.54 Å². The third kappa shape index (κ3) is 4.18. The number of benzene rings is 1. The first kappa shape index (κ1) is 20.3. The normalized spacial score (nSPS) is 16.0. The van der Waals surface area contributed by atoms with Crippen molar-refractivity contribution in [3.63, 3.8) is 0 Å². The lowest BCUT2D eigenvalue weighted by atomic mass is 10.0. The number of rotatable bonds is 6. The molecule has 1 saturated heterocycles. The predicted octanol–water partition coefficient (Wildman–Crippen LogP) is 3.98. The van der Waals surface area contributed by atoms with Gasteiger partial charge in [-0.25, -0.2) is 0 Å². The van der Waals surface area contributed by atoms with Crippen molar-refractivity contribution in [1.29, 1.82) is 0 Å². The summed E-state index contributed by atoms with van der Waals surface area (Å²) in [4.78, 5) is 37.8. The van der Waals surface area contributed by atoms with Crippen LogP contribution in [0.5, 0.6) is 0 Å². The van der Waals surface area contributed by atoms with Gasteiger partial charge in [0.1, 0.15) is 16.2 Å². The van der Waals surface area contributed by atoms with Crippen molar-refractivity contribution in [3.05, 3.63) is 50.7 Å². The van der Waals surface area contributed by atoms with Crippen molar-refractivity contribution in [3.8, 4) is 0 Å². The van der Waals surface area contributed by atoms with Gasteiger partial charge < -0.3 is 9.52 Å². The summed E-state index contributed by atoms with van der Waals surface area (Å²) in [6.45, 7) is 4.32. The molecule has 0 spiro atoms. The minimum atomic E-state index is -0.921. The molecule has 0 aliphatic carbocycles. The Morgan fingerprint density at radius 3 is 2.79 bits per heavy atom. The van der Waals surface area contributed by atoms with Crippen LogP contribution in [0, 0.1) is 0 Å². The Morgan fingerprint density at radius 1 is 1.36 bits per heavy atom. The number of carbonyl (C=O) groups is 2. The Balaban J connectivity index is 1.90. The van der Waals surface area contributed by atoms with Crippen molar-refractivity contribution in [2.45, 2.75) is 32.6 Å². The summed E-state index contributed by atoms with van der Waals surface area (Å²) in [5.74, 6) is -0.971. The summed E-state index contributed by atoms with van der Waals surface area (Å²) in [6.07, 6.45) is 3.11. The molecule has 1 aliphatic rings. The van der Waals surface area contributed by atoms with E-state index >= 15 is 0 Å². The summed E-state index contributed by atoms with van der Waals surface area (Å²) in [5.41, 5.74) is 1.59. The van der Waals surface area contributed by atoms with Gasteiger partial charge in [-0.1, -0.05) is 43.9 Å². The van der Waals surface area contributed by atoms with E-state index in [1.807, 2.05) is 26.0 Å². The van der Waals surface area contributed by atoms with Gasteiger partial charge >= 0.3 is 5.97 Å². The Kier molecular flexibility index (Phi) is 6.00. The molecular weight excluding hydrogens is 398 g/mol. The fourth-order valence-electron chi connectivity index (χ4n) is 2.84. The lowest BCUT2D eigenvalue weighted by molar-refractivity contribution is -0.137. The van der Waals surface area contributed by atoms with E-state index in [2.05, 4.69) is 0 Å². The van der Waals surface area contributed by atoms with Crippen LogP contribution >= 0.6 is 24.0 Å². The smallest absolute Gasteiger partial charge is 0.303 e. The van der Waals surface area contributed by atoms with Crippen molar-refractivity contribution < 1.29 is 19.1 Å². The zero-order valence-electron chi connectivity index (χ0n) is 15.4. The molecule has 1 aromatic carbocycles. The monoisotopic (exact) mass is 417 g/mol. The highest BCUT2D eigenvalue weighted by molar-refractivity contribution is 8.26. The number of carboxylic acid groups (broad SMARTS) is 1. The van der Waals surface area contributed by atoms with E-state index in [9.17, 15) is 14.4 Å². The van der Waals surface area contributed by atoms with Gasteiger partial charge in [0.05, 0.1) is 15.9 Å². The molecule has 1 N–H and O–H groups in total. The summed E-state index contributed by atoms with van der Waals surface area (Å²) in [6, 6.07) is 5.52. The number of thiocarbonyl (C=S) groups is 1. The van der Waals surface area contributed by atoms with Crippen LogP contribution in [0.4, 0.5) is 0 Å². The fourth-order valence-corrected chi connectivity index (χ4v) is 4.14. The molecule has 2 heterocycles. The Hall–Kier alpha value is -2.45. The molecule has 0 radical (unpaired) electrons. The van der Waals surface area contributed by atoms with Gasteiger partial charge in [-0.15, -0.1) is 0 Å². The Labute approximate surface area is 171 Å². The molecule has 146 valence electrons. The second-order valence-corrected chi connectivity index (χ2v) is 8.44. The highest BCUT2D eigenvalue weighted by atomic mass is 32.2. The number of hydrogen-bond donors (Lipinski definition) is 1. The molecule has 1 aromatic heterocycles. The van der Waals surface area contributed by atoms with Crippen LogP contribution in [0.15, 0.2) is 38.6 Å². The number of aliphatic carboxylic acids is 1. The molecule has 1 fully saturated rings. The maximum atomic E-state index is 12.9. The number of fused-ring (bicyclic) bond motifs is 1. The molecule has 8 heteroatoms. The van der Waals surface area contributed by atoms with E-state index in [1.165, 1.54) is 17.2 Å². The number of nitrogens with zero attached hydrogens (tertiary/aromatic N) is 1. The minimum absolute atomic E-state index is 0.0391. The third-order valence-electron chi connectivity index (χ3n) is 4.42. The third-order valence-corrected chi connectivity index (χ3v) is 5.80. The summed E-state index contributed by atoms with van der Waals surface area (Å²) >= 11 is 6.32. The van der Waals surface area contributed by atoms with Gasteiger partial charge in [0.2, 0.25) is 0 Å². The van der Waals surface area contributed by atoms with E-state index in [1.54, 1.807) is 6.07 Å². The first-order chi connectivity index (χ1) is 13.3. The molecule has 6 nitrogen and oxygen atoms in total. The van der Waals surface area contributed by atoms with Gasteiger partial charge in [0.15, 0.2) is 5.43 Å². The van der Waals surface area contributed by atoms with Crippen molar-refractivity contribution in [1.82, 2.24) is 4.90 Å². The van der Waals surface area contributed by atoms with E-state index in [-0.39, 0.29) is 35.8 Å². The van der Waals surface area contributed by atoms with Crippen LogP contribution in [-0.4, -0.2) is 32.7 Å². The molecule has 3 rings (SSSR count). The van der Waals surface area contributed by atoms with Crippen LogP contribution in [0.1, 0.15) is 43.7 Å². The predicted molar refractivity (Wildman–Crippen MR) is 113 cm³/mol. The minimum Gasteiger partial charge on any atom is -0.481 e. The maximum Gasteiger partial charge on any atom is 0.303 e. The van der Waals surface area contributed by atoms with E-state index in [0.29, 0.717) is 26.6 Å². The first-order valence-electron chi connectivity index (χ1n) is 8.80. The van der Waals surface area contributed by atoms with Gasteiger partial charge in [-0.3, -0.25) is 19.3 Å². The molecule has 2 aromatic rings. The average Bonchev–Trinajstić information content (AvgIpc) is 2.91. The van der Waals surface area contributed by atoms with Crippen LogP contribution in [0.3, 0.4) is 0 Å². The largest absolute Gasteiger partial charge is 0.481 e. The van der Waals surface area contributed by atoms with E-state index in [0.717, 1.165) is 17.3 Å². The fraction of sp³-hybridized carbons (Fsp3) is 0.300.